The molecule has 2 rings (SSSR count). The molecule has 4 N–H and O–H groups in total. The number of thioether (sulfide) groups is 1. The summed E-state index contributed by atoms with van der Waals surface area (Å²) in [5.74, 6) is 0. The fraction of sp³-hybridized carbons (Fsp3) is 0.0909. The second kappa shape index (κ2) is 5.66. The maximum absolute atomic E-state index is 12.5. The lowest BCUT2D eigenvalue weighted by atomic mass is 10.1. The van der Waals surface area contributed by atoms with Crippen molar-refractivity contribution in [3.8, 4) is 0 Å². The van der Waals surface area contributed by atoms with Crippen molar-refractivity contribution < 1.29 is 31.0 Å². The van der Waals surface area contributed by atoms with Gasteiger partial charge < -0.3 is 12.4 Å². The van der Waals surface area contributed by atoms with E-state index in [1.807, 2.05) is 0 Å². The molecule has 0 fully saturated rings. The summed E-state index contributed by atoms with van der Waals surface area (Å²) in [7, 11) is 0. The third-order valence-corrected chi connectivity index (χ3v) is 3.07. The molecule has 0 saturated carbocycles. The van der Waals surface area contributed by atoms with Gasteiger partial charge in [-0.15, -0.1) is 0 Å². The Hall–Kier alpha value is -1.47. The van der Waals surface area contributed by atoms with Crippen LogP contribution < -0.4 is 23.5 Å². The van der Waals surface area contributed by atoms with Gasteiger partial charge in [0.1, 0.15) is 0 Å². The molecule has 0 unspecified atom stereocenters. The summed E-state index contributed by atoms with van der Waals surface area (Å²) < 4.78 is 37.6. The molecule has 0 aliphatic rings. The highest BCUT2D eigenvalue weighted by atomic mass is 35.5. The topological polar surface area (TPSA) is 64.5 Å². The number of fused-ring (bicyclic) bond motifs is 1. The van der Waals surface area contributed by atoms with Gasteiger partial charge in [-0.05, 0) is 30.0 Å². The number of halogens is 4. The highest BCUT2D eigenvalue weighted by Gasteiger charge is 2.30. The standard InChI is InChI=1S/C11H8F3N3S.ClH/c12-11(13,14)6-1-2-7-8(5-6)17-4-3-9(7)18-10(15)16;/h1-5H,(H3,15,16);1H. The van der Waals surface area contributed by atoms with Gasteiger partial charge in [-0.1, -0.05) is 6.07 Å². The molecule has 0 radical (unpaired) electrons. The second-order valence-corrected chi connectivity index (χ2v) is 4.66. The summed E-state index contributed by atoms with van der Waals surface area (Å²) in [5.41, 5.74) is 4.90. The maximum atomic E-state index is 12.5. The van der Waals surface area contributed by atoms with Crippen molar-refractivity contribution in [2.75, 3.05) is 0 Å². The number of nitrogens with two attached hydrogens (primary N) is 2. The lowest BCUT2D eigenvalue weighted by Crippen LogP contribution is -3.00. The molecule has 0 bridgehead atoms. The van der Waals surface area contributed by atoms with Gasteiger partial charge in [0.2, 0.25) is 0 Å². The van der Waals surface area contributed by atoms with E-state index >= 15 is 0 Å². The van der Waals surface area contributed by atoms with Gasteiger partial charge in [-0.25, -0.2) is 0 Å². The Labute approximate surface area is 117 Å². The third kappa shape index (κ3) is 3.51. The number of hydrogen-bond donors (Lipinski definition) is 2. The summed E-state index contributed by atoms with van der Waals surface area (Å²) in [6.07, 6.45) is -2.95. The number of benzene rings is 1. The summed E-state index contributed by atoms with van der Waals surface area (Å²) in [4.78, 5) is 4.59. The van der Waals surface area contributed by atoms with Crippen LogP contribution in [-0.4, -0.2) is 10.2 Å². The minimum Gasteiger partial charge on any atom is -1.00 e. The molecule has 102 valence electrons. The smallest absolute Gasteiger partial charge is 0.416 e. The quantitative estimate of drug-likeness (QED) is 0.380. The molecule has 19 heavy (non-hydrogen) atoms. The average molecular weight is 308 g/mol. The van der Waals surface area contributed by atoms with E-state index in [-0.39, 0.29) is 23.1 Å². The van der Waals surface area contributed by atoms with Gasteiger partial charge in [-0.3, -0.25) is 16.1 Å². The van der Waals surface area contributed by atoms with E-state index in [4.69, 9.17) is 11.1 Å². The fourth-order valence-corrected chi connectivity index (χ4v) is 2.18. The van der Waals surface area contributed by atoms with Gasteiger partial charge in [0, 0.05) is 16.5 Å². The predicted octanol–water partition coefficient (Wildman–Crippen LogP) is -1.58. The number of amidine groups is 1. The Morgan fingerprint density at radius 3 is 2.53 bits per heavy atom. The van der Waals surface area contributed by atoms with Gasteiger partial charge in [0.25, 0.3) is 0 Å². The summed E-state index contributed by atoms with van der Waals surface area (Å²) in [5, 5.41) is 6.09. The maximum Gasteiger partial charge on any atom is 0.416 e. The molecule has 8 heteroatoms. The Morgan fingerprint density at radius 1 is 1.26 bits per heavy atom. The fourth-order valence-electron chi connectivity index (χ4n) is 1.51. The van der Waals surface area contributed by atoms with Crippen molar-refractivity contribution >= 4 is 27.8 Å². The molecule has 0 saturated heterocycles. The highest BCUT2D eigenvalue weighted by Crippen LogP contribution is 2.33. The Balaban J connectivity index is 0.00000180. The molecule has 3 nitrogen and oxygen atoms in total. The van der Waals surface area contributed by atoms with Crippen LogP contribution in [0.5, 0.6) is 0 Å². The van der Waals surface area contributed by atoms with E-state index in [9.17, 15) is 13.2 Å². The monoisotopic (exact) mass is 307 g/mol. The molecular weight excluding hydrogens is 299 g/mol. The van der Waals surface area contributed by atoms with Crippen LogP contribution in [0, 0.1) is 0 Å². The Kier molecular flexibility index (Phi) is 4.65. The normalized spacial score (nSPS) is 11.1. The van der Waals surface area contributed by atoms with Gasteiger partial charge in [0.05, 0.1) is 11.1 Å². The van der Waals surface area contributed by atoms with E-state index in [1.165, 1.54) is 12.3 Å². The van der Waals surface area contributed by atoms with Crippen molar-refractivity contribution in [3.63, 3.8) is 0 Å². The SMILES string of the molecule is NC(=[NH2+])Sc1ccnc2cc(C(F)(F)F)ccc12.[Cl-]. The lowest BCUT2D eigenvalue weighted by Gasteiger charge is -2.08. The molecule has 0 atom stereocenters. The van der Waals surface area contributed by atoms with E-state index in [2.05, 4.69) is 4.98 Å². The van der Waals surface area contributed by atoms with E-state index in [0.717, 1.165) is 23.9 Å². The van der Waals surface area contributed by atoms with E-state index < -0.39 is 11.7 Å². The first kappa shape index (κ1) is 15.6. The van der Waals surface area contributed by atoms with Crippen LogP contribution in [0.25, 0.3) is 10.9 Å². The lowest BCUT2D eigenvalue weighted by molar-refractivity contribution is -0.137. The molecule has 1 heterocycles. The van der Waals surface area contributed by atoms with Gasteiger partial charge in [-0.2, -0.15) is 13.2 Å². The average Bonchev–Trinajstić information content (AvgIpc) is 2.27. The second-order valence-electron chi connectivity index (χ2n) is 3.54. The molecule has 0 spiro atoms. The van der Waals surface area contributed by atoms with Crippen molar-refractivity contribution in [2.24, 2.45) is 5.73 Å². The predicted molar refractivity (Wildman–Crippen MR) is 63.7 cm³/mol. The minimum atomic E-state index is -4.38. The Morgan fingerprint density at radius 2 is 1.95 bits per heavy atom. The first-order valence-corrected chi connectivity index (χ1v) is 5.71. The van der Waals surface area contributed by atoms with Crippen LogP contribution in [0.4, 0.5) is 13.2 Å². The molecule has 2 aromatic rings. The van der Waals surface area contributed by atoms with Crippen LogP contribution >= 0.6 is 11.8 Å². The van der Waals surface area contributed by atoms with Crippen molar-refractivity contribution in [1.82, 2.24) is 4.98 Å². The molecule has 1 aromatic heterocycles. The number of nitrogens with zero attached hydrogens (tertiary/aromatic N) is 1. The molecule has 0 aliphatic heterocycles. The van der Waals surface area contributed by atoms with Gasteiger partial charge in [0.15, 0.2) is 0 Å². The van der Waals surface area contributed by atoms with Crippen LogP contribution in [-0.2, 0) is 6.18 Å². The number of alkyl halides is 3. The molecule has 0 amide bonds. The van der Waals surface area contributed by atoms with Crippen molar-refractivity contribution in [3.05, 3.63) is 36.0 Å². The van der Waals surface area contributed by atoms with Crippen LogP contribution in [0.1, 0.15) is 5.56 Å². The molecule has 1 aromatic carbocycles. The van der Waals surface area contributed by atoms with Crippen molar-refractivity contribution in [1.29, 1.82) is 0 Å². The Bertz CT molecular complexity index is 616. The number of rotatable bonds is 1. The van der Waals surface area contributed by atoms with Crippen LogP contribution in [0.2, 0.25) is 0 Å². The summed E-state index contributed by atoms with van der Waals surface area (Å²) >= 11 is 1.09. The first-order chi connectivity index (χ1) is 8.38. The first-order valence-electron chi connectivity index (χ1n) is 4.89. The number of hydrogen-bond acceptors (Lipinski definition) is 2. The highest BCUT2D eigenvalue weighted by molar-refractivity contribution is 8.13. The minimum absolute atomic E-state index is 0. The summed E-state index contributed by atoms with van der Waals surface area (Å²) in [6.45, 7) is 0. The largest absolute Gasteiger partial charge is 1.00 e. The van der Waals surface area contributed by atoms with Gasteiger partial charge >= 0.3 is 11.3 Å². The zero-order chi connectivity index (χ0) is 13.3. The summed E-state index contributed by atoms with van der Waals surface area (Å²) in [6, 6.07) is 5.04. The molecular formula is C11H9ClF3N3S. The zero-order valence-electron chi connectivity index (χ0n) is 9.41. The van der Waals surface area contributed by atoms with E-state index in [1.54, 1.807) is 6.07 Å². The molecule has 0 aliphatic carbocycles. The third-order valence-electron chi connectivity index (χ3n) is 2.26. The zero-order valence-corrected chi connectivity index (χ0v) is 11.0. The van der Waals surface area contributed by atoms with Crippen LogP contribution in [0.15, 0.2) is 35.4 Å². The van der Waals surface area contributed by atoms with Crippen molar-refractivity contribution in [2.45, 2.75) is 11.1 Å². The van der Waals surface area contributed by atoms with Crippen LogP contribution in [0.3, 0.4) is 0 Å². The number of pyridine rings is 1. The number of aromatic nitrogens is 1. The van der Waals surface area contributed by atoms with E-state index in [0.29, 0.717) is 10.3 Å².